The highest BCUT2D eigenvalue weighted by Crippen LogP contribution is 2.39. The van der Waals surface area contributed by atoms with Crippen LogP contribution in [0.3, 0.4) is 0 Å². The summed E-state index contributed by atoms with van der Waals surface area (Å²) < 4.78 is 0. The van der Waals surface area contributed by atoms with E-state index in [1.807, 2.05) is 24.4 Å². The number of hydrogen-bond donors (Lipinski definition) is 1. The molecule has 2 aromatic carbocycles. The highest BCUT2D eigenvalue weighted by molar-refractivity contribution is 6.30. The van der Waals surface area contributed by atoms with Crippen LogP contribution in [0.4, 0.5) is 4.79 Å². The lowest BCUT2D eigenvalue weighted by atomic mass is 9.87. The predicted molar refractivity (Wildman–Crippen MR) is 136 cm³/mol. The number of pyridine rings is 1. The molecule has 5 heteroatoms. The Hall–Kier alpha value is -3.37. The minimum Gasteiger partial charge on any atom is -0.465 e. The number of allylic oxidation sites excluding steroid dienone is 1. The molecule has 1 saturated heterocycles. The average Bonchev–Trinajstić information content (AvgIpc) is 3.01. The summed E-state index contributed by atoms with van der Waals surface area (Å²) >= 11 is 6.37. The topological polar surface area (TPSA) is 53.4 Å². The van der Waals surface area contributed by atoms with E-state index in [-0.39, 0.29) is 5.92 Å². The largest absolute Gasteiger partial charge is 0.465 e. The molecule has 3 aromatic rings. The van der Waals surface area contributed by atoms with Crippen LogP contribution in [0.2, 0.25) is 5.02 Å². The van der Waals surface area contributed by atoms with Crippen molar-refractivity contribution >= 4 is 23.3 Å². The minimum absolute atomic E-state index is 0.0778. The quantitative estimate of drug-likeness (QED) is 0.432. The first-order valence-corrected chi connectivity index (χ1v) is 12.1. The van der Waals surface area contributed by atoms with Crippen LogP contribution in [0.5, 0.6) is 0 Å². The Morgan fingerprint density at radius 2 is 1.74 bits per heavy atom. The van der Waals surface area contributed by atoms with Gasteiger partial charge in [0.2, 0.25) is 0 Å². The molecular weight excluding hydrogens is 444 g/mol. The van der Waals surface area contributed by atoms with Crippen molar-refractivity contribution in [2.75, 3.05) is 13.1 Å². The summed E-state index contributed by atoms with van der Waals surface area (Å²) in [5.74, 6) is 0.0778. The van der Waals surface area contributed by atoms with Crippen LogP contribution in [0.1, 0.15) is 52.3 Å². The number of halogens is 1. The molecule has 0 spiro atoms. The van der Waals surface area contributed by atoms with Gasteiger partial charge >= 0.3 is 6.09 Å². The molecule has 1 aromatic heterocycles. The number of piperidine rings is 1. The van der Waals surface area contributed by atoms with Crippen molar-refractivity contribution in [3.63, 3.8) is 0 Å². The number of rotatable bonds is 3. The number of nitrogens with zero attached hydrogens (tertiary/aromatic N) is 2. The van der Waals surface area contributed by atoms with E-state index in [1.165, 1.54) is 32.7 Å². The summed E-state index contributed by atoms with van der Waals surface area (Å²) in [5, 5.41) is 10.1. The molecule has 1 fully saturated rings. The number of carboxylic acid groups (broad SMARTS) is 1. The zero-order valence-electron chi connectivity index (χ0n) is 19.0. The lowest BCUT2D eigenvalue weighted by Crippen LogP contribution is -2.35. The van der Waals surface area contributed by atoms with E-state index in [0.717, 1.165) is 34.7 Å². The molecule has 2 heterocycles. The Balaban J connectivity index is 1.62. The average molecular weight is 471 g/mol. The Morgan fingerprint density at radius 1 is 1.00 bits per heavy atom. The summed E-state index contributed by atoms with van der Waals surface area (Å²) in [6, 6.07) is 18.8. The third-order valence-electron chi connectivity index (χ3n) is 6.97. The standard InChI is InChI=1S/C29H27ClN2O2/c1-2-25(19-6-4-3-5-7-19)23-16-22-9-8-21-17-24(30)10-11-26(21)27(28(22)31-18-23)20-12-14-32(15-13-20)29(33)34/h2-7,10-11,16-18,25H,1,8-9,12-15H2,(H,33,34)/t25-/m1/s1. The van der Waals surface area contributed by atoms with Gasteiger partial charge in [-0.15, -0.1) is 6.58 Å². The van der Waals surface area contributed by atoms with Crippen LogP contribution in [0.15, 0.2) is 79.0 Å². The summed E-state index contributed by atoms with van der Waals surface area (Å²) in [6.07, 6.45) is 6.29. The highest BCUT2D eigenvalue weighted by Gasteiger charge is 2.27. The number of fused-ring (bicyclic) bond motifs is 2. The minimum atomic E-state index is -0.850. The van der Waals surface area contributed by atoms with Crippen LogP contribution in [0, 0.1) is 0 Å². The Morgan fingerprint density at radius 3 is 2.44 bits per heavy atom. The number of amides is 1. The van der Waals surface area contributed by atoms with Crippen molar-refractivity contribution in [1.82, 2.24) is 9.88 Å². The van der Waals surface area contributed by atoms with Crippen LogP contribution in [-0.4, -0.2) is 34.2 Å². The van der Waals surface area contributed by atoms with Crippen molar-refractivity contribution in [2.24, 2.45) is 0 Å². The normalized spacial score (nSPS) is 16.3. The number of aryl methyl sites for hydroxylation is 2. The summed E-state index contributed by atoms with van der Waals surface area (Å²) in [7, 11) is 0. The molecule has 0 radical (unpaired) electrons. The van der Waals surface area contributed by atoms with Crippen LogP contribution < -0.4 is 0 Å². The van der Waals surface area contributed by atoms with Gasteiger partial charge in [0.05, 0.1) is 5.69 Å². The van der Waals surface area contributed by atoms with Crippen molar-refractivity contribution in [1.29, 1.82) is 0 Å². The number of likely N-dealkylation sites (tertiary alicyclic amines) is 1. The molecule has 0 saturated carbocycles. The number of benzene rings is 2. The molecule has 1 amide bonds. The van der Waals surface area contributed by atoms with Crippen LogP contribution >= 0.6 is 11.6 Å². The molecule has 4 nitrogen and oxygen atoms in total. The Labute approximate surface area is 205 Å². The smallest absolute Gasteiger partial charge is 0.407 e. The third-order valence-corrected chi connectivity index (χ3v) is 7.20. The first-order valence-electron chi connectivity index (χ1n) is 11.7. The fraction of sp³-hybridized carbons (Fsp3) is 0.241. The highest BCUT2D eigenvalue weighted by atomic mass is 35.5. The predicted octanol–water partition coefficient (Wildman–Crippen LogP) is 6.73. The van der Waals surface area contributed by atoms with Gasteiger partial charge in [-0.05, 0) is 65.6 Å². The van der Waals surface area contributed by atoms with Gasteiger partial charge in [-0.25, -0.2) is 4.79 Å². The van der Waals surface area contributed by atoms with Crippen LogP contribution in [0.25, 0.3) is 5.57 Å². The van der Waals surface area contributed by atoms with Gasteiger partial charge in [-0.3, -0.25) is 4.98 Å². The molecule has 1 aliphatic carbocycles. The summed E-state index contributed by atoms with van der Waals surface area (Å²) in [6.45, 7) is 5.11. The van der Waals surface area contributed by atoms with Gasteiger partial charge < -0.3 is 10.0 Å². The van der Waals surface area contributed by atoms with E-state index >= 15 is 0 Å². The molecule has 172 valence electrons. The number of hydrogen-bond acceptors (Lipinski definition) is 2. The summed E-state index contributed by atoms with van der Waals surface area (Å²) in [5.41, 5.74) is 9.38. The van der Waals surface area contributed by atoms with E-state index in [0.29, 0.717) is 25.9 Å². The van der Waals surface area contributed by atoms with Crippen molar-refractivity contribution in [3.8, 4) is 0 Å². The Kier molecular flexibility index (Phi) is 6.25. The molecule has 1 N–H and O–H groups in total. The molecule has 0 unspecified atom stereocenters. The van der Waals surface area contributed by atoms with E-state index in [2.05, 4.69) is 49.0 Å². The van der Waals surface area contributed by atoms with Gasteiger partial charge in [0, 0.05) is 35.8 Å². The molecule has 34 heavy (non-hydrogen) atoms. The van der Waals surface area contributed by atoms with Crippen LogP contribution in [-0.2, 0) is 12.8 Å². The van der Waals surface area contributed by atoms with Crippen molar-refractivity contribution in [3.05, 3.63) is 118 Å². The molecule has 5 rings (SSSR count). The third kappa shape index (κ3) is 4.26. The van der Waals surface area contributed by atoms with Gasteiger partial charge in [-0.2, -0.15) is 0 Å². The number of carbonyl (C=O) groups is 1. The second-order valence-corrected chi connectivity index (χ2v) is 9.39. The van der Waals surface area contributed by atoms with Gasteiger partial charge in [0.15, 0.2) is 0 Å². The van der Waals surface area contributed by atoms with Gasteiger partial charge in [0.25, 0.3) is 0 Å². The monoisotopic (exact) mass is 470 g/mol. The van der Waals surface area contributed by atoms with Gasteiger partial charge in [0.1, 0.15) is 0 Å². The van der Waals surface area contributed by atoms with E-state index in [9.17, 15) is 9.90 Å². The summed E-state index contributed by atoms with van der Waals surface area (Å²) in [4.78, 5) is 18.0. The lowest BCUT2D eigenvalue weighted by molar-refractivity contribution is 0.142. The maximum atomic E-state index is 11.4. The molecule has 0 bridgehead atoms. The number of aromatic nitrogens is 1. The van der Waals surface area contributed by atoms with Gasteiger partial charge in [-0.1, -0.05) is 65.7 Å². The first kappa shape index (κ1) is 22.4. The molecule has 1 atom stereocenters. The van der Waals surface area contributed by atoms with E-state index in [4.69, 9.17) is 16.6 Å². The maximum absolute atomic E-state index is 11.4. The van der Waals surface area contributed by atoms with Crippen molar-refractivity contribution in [2.45, 2.75) is 31.6 Å². The van der Waals surface area contributed by atoms with E-state index < -0.39 is 6.09 Å². The zero-order valence-corrected chi connectivity index (χ0v) is 19.8. The SMILES string of the molecule is C=C[C@H](c1ccccc1)c1cnc2c(c1)CCc1cc(Cl)ccc1C2=C1CCN(C(=O)O)CC1. The molecule has 2 aliphatic rings. The van der Waals surface area contributed by atoms with E-state index in [1.54, 1.807) is 0 Å². The first-order chi connectivity index (χ1) is 16.5. The Bertz CT molecular complexity index is 1270. The lowest BCUT2D eigenvalue weighted by Gasteiger charge is -2.28. The van der Waals surface area contributed by atoms with Crippen molar-refractivity contribution < 1.29 is 9.90 Å². The second-order valence-electron chi connectivity index (χ2n) is 8.95. The maximum Gasteiger partial charge on any atom is 0.407 e. The molecule has 1 aliphatic heterocycles. The fourth-order valence-electron chi connectivity index (χ4n) is 5.23. The second kappa shape index (κ2) is 9.47. The molecular formula is C29H27ClN2O2. The zero-order chi connectivity index (χ0) is 23.7. The fourth-order valence-corrected chi connectivity index (χ4v) is 5.42.